The lowest BCUT2D eigenvalue weighted by Crippen LogP contribution is -2.20. The van der Waals surface area contributed by atoms with Crippen LogP contribution in [0, 0.1) is 0 Å². The molecule has 0 saturated heterocycles. The summed E-state index contributed by atoms with van der Waals surface area (Å²) in [7, 11) is 2.21. The van der Waals surface area contributed by atoms with Gasteiger partial charge in [-0.2, -0.15) is 0 Å². The van der Waals surface area contributed by atoms with Gasteiger partial charge >= 0.3 is 0 Å². The summed E-state index contributed by atoms with van der Waals surface area (Å²) in [5.41, 5.74) is 0. The largest absolute Gasteiger partial charge is 0.306 e. The van der Waals surface area contributed by atoms with Gasteiger partial charge in [0, 0.05) is 0 Å². The minimum atomic E-state index is 1.23. The minimum Gasteiger partial charge on any atom is -0.306 e. The van der Waals surface area contributed by atoms with Crippen LogP contribution in [0.2, 0.25) is 0 Å². The molecule has 0 atom stereocenters. The highest BCUT2D eigenvalue weighted by molar-refractivity contribution is 4.76. The Bertz CT molecular complexity index is 108. The van der Waals surface area contributed by atoms with E-state index in [4.69, 9.17) is 0 Å². The molecular weight excluding hydrogens is 146 g/mol. The molecule has 0 aliphatic heterocycles. The fourth-order valence-corrected chi connectivity index (χ4v) is 1.19. The Morgan fingerprint density at radius 1 is 1.17 bits per heavy atom. The zero-order valence-electron chi connectivity index (χ0n) is 8.84. The molecule has 0 spiro atoms. The molecule has 0 aromatic heterocycles. The second kappa shape index (κ2) is 8.79. The predicted octanol–water partition coefficient (Wildman–Crippen LogP) is 3.07. The van der Waals surface area contributed by atoms with Gasteiger partial charge in [0.2, 0.25) is 0 Å². The van der Waals surface area contributed by atoms with Crippen molar-refractivity contribution < 1.29 is 0 Å². The Balaban J connectivity index is 3.13. The molecule has 0 fully saturated rings. The molecule has 0 heterocycles. The first-order valence-electron chi connectivity index (χ1n) is 5.11. The molecule has 0 aromatic carbocycles. The van der Waals surface area contributed by atoms with Crippen molar-refractivity contribution in [2.75, 3.05) is 20.1 Å². The van der Waals surface area contributed by atoms with E-state index in [0.29, 0.717) is 0 Å². The standard InChI is InChI=1S/C11H23N/c1-4-6-8-9-11-12(3)10-7-5-2/h4,6H,5,7-11H2,1-3H3. The maximum absolute atomic E-state index is 2.42. The second-order valence-corrected chi connectivity index (χ2v) is 3.37. The molecule has 1 nitrogen and oxygen atoms in total. The fraction of sp³-hybridized carbons (Fsp3) is 0.818. The molecule has 0 bridgehead atoms. The maximum Gasteiger partial charge on any atom is -0.00188 e. The van der Waals surface area contributed by atoms with Gasteiger partial charge in [-0.05, 0) is 46.3 Å². The quantitative estimate of drug-likeness (QED) is 0.418. The van der Waals surface area contributed by atoms with E-state index in [1.807, 2.05) is 0 Å². The Labute approximate surface area is 77.5 Å². The normalized spacial score (nSPS) is 11.7. The van der Waals surface area contributed by atoms with E-state index in [1.54, 1.807) is 0 Å². The fourth-order valence-electron chi connectivity index (χ4n) is 1.19. The van der Waals surface area contributed by atoms with Crippen LogP contribution in [0.4, 0.5) is 0 Å². The number of allylic oxidation sites excluding steroid dienone is 2. The Hall–Kier alpha value is -0.300. The van der Waals surface area contributed by atoms with Crippen LogP contribution in [0.5, 0.6) is 0 Å². The van der Waals surface area contributed by atoms with Crippen molar-refractivity contribution in [2.24, 2.45) is 0 Å². The monoisotopic (exact) mass is 169 g/mol. The highest BCUT2D eigenvalue weighted by atomic mass is 15.1. The highest BCUT2D eigenvalue weighted by Crippen LogP contribution is 1.96. The van der Waals surface area contributed by atoms with E-state index in [-0.39, 0.29) is 0 Å². The van der Waals surface area contributed by atoms with Crippen LogP contribution in [-0.4, -0.2) is 25.0 Å². The Morgan fingerprint density at radius 3 is 2.42 bits per heavy atom. The van der Waals surface area contributed by atoms with Gasteiger partial charge in [-0.3, -0.25) is 0 Å². The van der Waals surface area contributed by atoms with E-state index >= 15 is 0 Å². The summed E-state index contributed by atoms with van der Waals surface area (Å²) in [6.07, 6.45) is 9.54. The van der Waals surface area contributed by atoms with Crippen molar-refractivity contribution in [2.45, 2.75) is 39.5 Å². The summed E-state index contributed by atoms with van der Waals surface area (Å²) in [4.78, 5) is 2.42. The number of hydrogen-bond donors (Lipinski definition) is 0. The lowest BCUT2D eigenvalue weighted by molar-refractivity contribution is 0.324. The van der Waals surface area contributed by atoms with Crippen LogP contribution < -0.4 is 0 Å². The van der Waals surface area contributed by atoms with E-state index < -0.39 is 0 Å². The van der Waals surface area contributed by atoms with Crippen molar-refractivity contribution in [3.8, 4) is 0 Å². The summed E-state index contributed by atoms with van der Waals surface area (Å²) in [5.74, 6) is 0. The van der Waals surface area contributed by atoms with E-state index in [0.717, 1.165) is 0 Å². The van der Waals surface area contributed by atoms with Crippen LogP contribution in [0.25, 0.3) is 0 Å². The molecule has 0 amide bonds. The van der Waals surface area contributed by atoms with Gasteiger partial charge in [0.1, 0.15) is 0 Å². The Morgan fingerprint density at radius 2 is 1.83 bits per heavy atom. The molecule has 0 N–H and O–H groups in total. The molecule has 0 aliphatic rings. The molecule has 0 rings (SSSR count). The zero-order chi connectivity index (χ0) is 9.23. The summed E-state index contributed by atoms with van der Waals surface area (Å²) in [5, 5.41) is 0. The van der Waals surface area contributed by atoms with Crippen molar-refractivity contribution in [3.63, 3.8) is 0 Å². The third-order valence-corrected chi connectivity index (χ3v) is 2.04. The van der Waals surface area contributed by atoms with E-state index in [1.165, 1.54) is 38.8 Å². The number of rotatable bonds is 7. The van der Waals surface area contributed by atoms with Gasteiger partial charge < -0.3 is 4.90 Å². The lowest BCUT2D eigenvalue weighted by atomic mass is 10.2. The van der Waals surface area contributed by atoms with Crippen LogP contribution in [0.3, 0.4) is 0 Å². The zero-order valence-corrected chi connectivity index (χ0v) is 8.84. The molecule has 72 valence electrons. The molecule has 0 unspecified atom stereocenters. The molecule has 12 heavy (non-hydrogen) atoms. The predicted molar refractivity (Wildman–Crippen MR) is 56.5 cm³/mol. The molecule has 0 aliphatic carbocycles. The van der Waals surface area contributed by atoms with Gasteiger partial charge in [-0.15, -0.1) is 0 Å². The number of hydrogen-bond acceptors (Lipinski definition) is 1. The molecule has 0 aromatic rings. The van der Waals surface area contributed by atoms with Crippen molar-refractivity contribution in [1.82, 2.24) is 4.90 Å². The van der Waals surface area contributed by atoms with E-state index in [2.05, 4.69) is 37.9 Å². The lowest BCUT2D eigenvalue weighted by Gasteiger charge is -2.14. The summed E-state index contributed by atoms with van der Waals surface area (Å²) in [6.45, 7) is 6.82. The van der Waals surface area contributed by atoms with Gasteiger partial charge in [0.05, 0.1) is 0 Å². The molecule has 1 heteroatoms. The second-order valence-electron chi connectivity index (χ2n) is 3.37. The average Bonchev–Trinajstić information content (AvgIpc) is 2.09. The van der Waals surface area contributed by atoms with Crippen molar-refractivity contribution in [1.29, 1.82) is 0 Å². The Kier molecular flexibility index (Phi) is 8.57. The third kappa shape index (κ3) is 7.80. The van der Waals surface area contributed by atoms with Crippen LogP contribution in [0.1, 0.15) is 39.5 Å². The molecular formula is C11H23N. The van der Waals surface area contributed by atoms with Crippen LogP contribution >= 0.6 is 0 Å². The van der Waals surface area contributed by atoms with Gasteiger partial charge in [-0.1, -0.05) is 25.5 Å². The van der Waals surface area contributed by atoms with Crippen LogP contribution in [-0.2, 0) is 0 Å². The summed E-state index contributed by atoms with van der Waals surface area (Å²) >= 11 is 0. The van der Waals surface area contributed by atoms with Gasteiger partial charge in [0.15, 0.2) is 0 Å². The average molecular weight is 169 g/mol. The molecule has 0 radical (unpaired) electrons. The van der Waals surface area contributed by atoms with Crippen molar-refractivity contribution in [3.05, 3.63) is 12.2 Å². The first kappa shape index (κ1) is 11.7. The first-order valence-corrected chi connectivity index (χ1v) is 5.11. The topological polar surface area (TPSA) is 3.24 Å². The SMILES string of the molecule is CC=CCCCN(C)CCCC. The first-order chi connectivity index (χ1) is 5.81. The van der Waals surface area contributed by atoms with Crippen LogP contribution in [0.15, 0.2) is 12.2 Å². The number of nitrogens with zero attached hydrogens (tertiary/aromatic N) is 1. The minimum absolute atomic E-state index is 1.23. The smallest absolute Gasteiger partial charge is 0.00188 e. The summed E-state index contributed by atoms with van der Waals surface area (Å²) in [6, 6.07) is 0. The number of unbranched alkanes of at least 4 members (excludes halogenated alkanes) is 2. The molecule has 0 saturated carbocycles. The van der Waals surface area contributed by atoms with Gasteiger partial charge in [0.25, 0.3) is 0 Å². The van der Waals surface area contributed by atoms with E-state index in [9.17, 15) is 0 Å². The maximum atomic E-state index is 2.42. The van der Waals surface area contributed by atoms with Crippen molar-refractivity contribution >= 4 is 0 Å². The third-order valence-electron chi connectivity index (χ3n) is 2.04. The van der Waals surface area contributed by atoms with Gasteiger partial charge in [-0.25, -0.2) is 0 Å². The highest BCUT2D eigenvalue weighted by Gasteiger charge is 1.94. The summed E-state index contributed by atoms with van der Waals surface area (Å²) < 4.78 is 0.